The smallest absolute Gasteiger partial charge is 0.297 e. The largest absolute Gasteiger partial charge is 0.489 e. The molecule has 5 amide bonds. The summed E-state index contributed by atoms with van der Waals surface area (Å²) in [5.41, 5.74) is 9.29. The number of anilines is 4. The molecule has 27 nitrogen and oxygen atoms in total. The average molecular weight is 1660 g/mol. The van der Waals surface area contributed by atoms with Gasteiger partial charge in [-0.3, -0.25) is 43.9 Å². The minimum Gasteiger partial charge on any atom is -0.489 e. The second kappa shape index (κ2) is 35.8. The maximum atomic E-state index is 14.8. The number of unbranched alkanes of at least 4 members (excludes halogenated alkanes) is 3. The first-order chi connectivity index (χ1) is 55.9. The Bertz CT molecular complexity index is 4950. The molecule has 8 heterocycles. The SMILES string of the molecule is Cc1ncsc1-c1ccc([C@H](C)NC(=O)[C@@H]2C[C@@H](O)CN2C(=O)[C@@H](NC(=O)CCCCCCC(=O)N2CCN(C[C@]3(C)CCC(CN4CCN(c5ccc(C(=O)NS(=O)(=O)c6cc7c(c([N+](=O)[O-])c6)N[C@H](CC6CCC(C)(O)CC6)CO7)c(N6CCCOc7nc8[nH]ccc8cc76)c5)CC4)=C(c4ccc(Cl)cc4)C3)CC2)C(C)(C)C)cc1. The molecule has 4 fully saturated rings. The molecule has 0 unspecified atom stereocenters. The van der Waals surface area contributed by atoms with E-state index in [9.17, 15) is 52.7 Å². The Hall–Kier alpha value is -9.23. The number of nitrogens with one attached hydrogen (secondary N) is 5. The van der Waals surface area contributed by atoms with Crippen LogP contribution < -0.4 is 39.9 Å². The maximum absolute atomic E-state index is 14.8. The standard InChI is InChI=1S/C87H111ClN14O13S2/c1-55(58-15-17-60(18-16-58)78-56(2)90-54-116-78)91-82(107)72-46-66(103)51-101(72)84(108)79(85(3,4)5)93-75(104)13-10-8-9-11-14-76(105)99-40-36-97(37-41-99)53-86(6)29-27-62(69(49-86)59-19-21-63(88)22-20-59)50-96-34-38-98(39-35-96)65-23-24-68(70(45-65)100-33-12-42-114-83-73(100)44-61-28-32-89-80(61)94-83)81(106)95-117(112,113)67-47-71(102(110)111)77-74(48-67)115-52-64(92-77)43-57-25-30-87(7,109)31-26-57/h15-24,28,32,44-45,47-48,54-55,57,64,66,72,79,92,103,109H,8-14,25-27,29-31,33-43,46,49-53H2,1-7H3,(H,89,94)(H,91,107)(H,93,104)(H,95,106)/t55-,57?,64+,66+,72-,79+,86+,87?/m0/s1. The first-order valence-corrected chi connectivity index (χ1v) is 44.2. The van der Waals surface area contributed by atoms with Gasteiger partial charge in [-0.2, -0.15) is 4.98 Å². The number of sulfonamides is 1. The molecule has 7 aliphatic rings. The molecular formula is C87H111ClN14O13S2. The number of carbonyl (C=O) groups excluding carboxylic acids is 5. The maximum Gasteiger partial charge on any atom is 0.297 e. The number of H-pyrrole nitrogens is 1. The monoisotopic (exact) mass is 1660 g/mol. The number of thiazole rings is 1. The molecule has 30 heteroatoms. The summed E-state index contributed by atoms with van der Waals surface area (Å²) >= 11 is 8.10. The number of ether oxygens (including phenoxy) is 2. The Labute approximate surface area is 693 Å². The van der Waals surface area contributed by atoms with E-state index in [0.717, 1.165) is 129 Å². The molecule has 14 rings (SSSR count). The van der Waals surface area contributed by atoms with E-state index in [0.29, 0.717) is 112 Å². The van der Waals surface area contributed by atoms with Crippen molar-refractivity contribution in [3.63, 3.8) is 0 Å². The van der Waals surface area contributed by atoms with Gasteiger partial charge in [0.25, 0.3) is 21.6 Å². The second-order valence-corrected chi connectivity index (χ2v) is 37.9. The number of carbonyl (C=O) groups is 5. The number of aliphatic hydroxyl groups is 2. The van der Waals surface area contributed by atoms with Crippen molar-refractivity contribution in [2.24, 2.45) is 16.7 Å². The fourth-order valence-corrected chi connectivity index (χ4v) is 19.9. The molecule has 117 heavy (non-hydrogen) atoms. The number of nitrogens with zero attached hydrogens (tertiary/aromatic N) is 9. The van der Waals surface area contributed by atoms with Crippen LogP contribution in [0.25, 0.3) is 27.0 Å². The zero-order valence-electron chi connectivity index (χ0n) is 68.1. The van der Waals surface area contributed by atoms with Crippen LogP contribution in [0.5, 0.6) is 11.6 Å². The minimum absolute atomic E-state index is 0.00854. The molecule has 7 aromatic rings. The first-order valence-electron chi connectivity index (χ1n) is 41.5. The number of hydrogen-bond donors (Lipinski definition) is 7. The molecule has 7 N–H and O–H groups in total. The molecule has 3 aromatic heterocycles. The van der Waals surface area contributed by atoms with E-state index >= 15 is 0 Å². The van der Waals surface area contributed by atoms with Gasteiger partial charge in [-0.25, -0.2) is 18.1 Å². The van der Waals surface area contributed by atoms with E-state index in [1.807, 2.05) is 118 Å². The summed E-state index contributed by atoms with van der Waals surface area (Å²) in [5, 5.41) is 44.8. The average Bonchev–Trinajstić information content (AvgIpc) is 1.36. The van der Waals surface area contributed by atoms with Gasteiger partial charge in [0.1, 0.15) is 30.0 Å². The molecule has 5 aliphatic heterocycles. The van der Waals surface area contributed by atoms with Crippen LogP contribution in [0.3, 0.4) is 0 Å². The third-order valence-corrected chi connectivity index (χ3v) is 27.3. The van der Waals surface area contributed by atoms with Crippen molar-refractivity contribution in [2.75, 3.05) is 107 Å². The molecule has 3 saturated heterocycles. The zero-order valence-corrected chi connectivity index (χ0v) is 70.5. The minimum atomic E-state index is -4.75. The third kappa shape index (κ3) is 20.1. The van der Waals surface area contributed by atoms with Crippen LogP contribution in [-0.4, -0.2) is 209 Å². The Morgan fingerprint density at radius 3 is 2.26 bits per heavy atom. The normalized spacial score (nSPS) is 22.7. The van der Waals surface area contributed by atoms with Gasteiger partial charge in [0.15, 0.2) is 11.4 Å². The van der Waals surface area contributed by atoms with E-state index in [4.69, 9.17) is 26.1 Å². The number of likely N-dealkylation sites (tertiary alicyclic amines) is 1. The van der Waals surface area contributed by atoms with Crippen molar-refractivity contribution < 1.29 is 57.0 Å². The van der Waals surface area contributed by atoms with Gasteiger partial charge in [0, 0.05) is 132 Å². The van der Waals surface area contributed by atoms with E-state index in [-0.39, 0.29) is 84.1 Å². The molecule has 626 valence electrons. The van der Waals surface area contributed by atoms with Crippen molar-refractivity contribution in [1.82, 2.24) is 49.9 Å². The summed E-state index contributed by atoms with van der Waals surface area (Å²) in [7, 11) is -4.75. The lowest BCUT2D eigenvalue weighted by molar-refractivity contribution is -0.384. The summed E-state index contributed by atoms with van der Waals surface area (Å²) in [5.74, 6) is -1.20. The van der Waals surface area contributed by atoms with Crippen LogP contribution in [0.4, 0.5) is 28.4 Å². The molecule has 1 saturated carbocycles. The van der Waals surface area contributed by atoms with Crippen LogP contribution in [0.15, 0.2) is 113 Å². The Kier molecular flexibility index (Phi) is 25.7. The summed E-state index contributed by atoms with van der Waals surface area (Å²) in [6, 6.07) is 25.1. The summed E-state index contributed by atoms with van der Waals surface area (Å²) in [6.07, 6.45) is 11.4. The molecule has 0 spiro atoms. The van der Waals surface area contributed by atoms with Crippen LogP contribution in [-0.2, 0) is 29.2 Å². The van der Waals surface area contributed by atoms with Crippen molar-refractivity contribution in [3.8, 4) is 22.1 Å². The molecular weight excluding hydrogens is 1550 g/mol. The van der Waals surface area contributed by atoms with E-state index < -0.39 is 66.5 Å². The molecule has 6 atom stereocenters. The number of benzene rings is 4. The number of aryl methyl sites for hydroxylation is 1. The summed E-state index contributed by atoms with van der Waals surface area (Å²) in [4.78, 5) is 108. The van der Waals surface area contributed by atoms with Crippen molar-refractivity contribution in [2.45, 2.75) is 192 Å². The van der Waals surface area contributed by atoms with Crippen molar-refractivity contribution in [3.05, 3.63) is 146 Å². The number of nitro benzene ring substituents is 1. The second-order valence-electron chi connectivity index (χ2n) is 34.9. The Morgan fingerprint density at radius 2 is 1.56 bits per heavy atom. The van der Waals surface area contributed by atoms with Gasteiger partial charge in [-0.15, -0.1) is 11.3 Å². The number of pyridine rings is 1. The summed E-state index contributed by atoms with van der Waals surface area (Å²) < 4.78 is 43.5. The number of amides is 5. The quantitative estimate of drug-likeness (QED) is 0.0150. The Morgan fingerprint density at radius 1 is 0.838 bits per heavy atom. The van der Waals surface area contributed by atoms with Crippen LogP contribution in [0, 0.1) is 33.8 Å². The molecule has 0 bridgehead atoms. The van der Waals surface area contributed by atoms with E-state index in [1.165, 1.54) is 22.1 Å². The van der Waals surface area contributed by atoms with Crippen molar-refractivity contribution >= 4 is 108 Å². The molecule has 0 radical (unpaired) electrons. The van der Waals surface area contributed by atoms with Gasteiger partial charge >= 0.3 is 0 Å². The van der Waals surface area contributed by atoms with Gasteiger partial charge in [-0.1, -0.05) is 94.1 Å². The number of hydrogen-bond acceptors (Lipinski definition) is 21. The Balaban J connectivity index is 0.561. The highest BCUT2D eigenvalue weighted by molar-refractivity contribution is 7.90. The lowest BCUT2D eigenvalue weighted by Gasteiger charge is -2.44. The zero-order chi connectivity index (χ0) is 82.7. The summed E-state index contributed by atoms with van der Waals surface area (Å²) in [6.45, 7) is 22.0. The van der Waals surface area contributed by atoms with E-state index in [2.05, 4.69) is 64.4 Å². The lowest BCUT2D eigenvalue weighted by atomic mass is 9.70. The highest BCUT2D eigenvalue weighted by atomic mass is 35.5. The van der Waals surface area contributed by atoms with Crippen LogP contribution in [0.1, 0.15) is 177 Å². The number of β-amino-alcohol motifs (C(OH)–C–C–N with tert-alkyl or cyclic N) is 1. The predicted octanol–water partition coefficient (Wildman–Crippen LogP) is 12.7. The number of aromatic nitrogens is 3. The van der Waals surface area contributed by atoms with Crippen LogP contribution >= 0.6 is 22.9 Å². The lowest BCUT2D eigenvalue weighted by Crippen LogP contribution is -2.57. The third-order valence-electron chi connectivity index (χ3n) is 24.8. The van der Waals surface area contributed by atoms with Gasteiger partial charge in [0.05, 0.1) is 67.5 Å². The fourth-order valence-electron chi connectivity index (χ4n) is 18.0. The first kappa shape index (κ1) is 84.2. The topological polar surface area (TPSA) is 331 Å². The number of rotatable bonds is 26. The van der Waals surface area contributed by atoms with Gasteiger partial charge in [-0.05, 0) is 173 Å². The highest BCUT2D eigenvalue weighted by Crippen LogP contribution is 2.47. The highest BCUT2D eigenvalue weighted by Gasteiger charge is 2.46. The molecule has 2 aliphatic carbocycles. The predicted molar refractivity (Wildman–Crippen MR) is 454 cm³/mol. The van der Waals surface area contributed by atoms with Gasteiger partial charge < -0.3 is 60.2 Å². The van der Waals surface area contributed by atoms with E-state index in [1.54, 1.807) is 23.6 Å². The fraction of sp³-hybridized carbons (Fsp3) is 0.529. The number of allylic oxidation sites excluding steroid dienone is 1. The van der Waals surface area contributed by atoms with Crippen molar-refractivity contribution in [1.29, 1.82) is 0 Å². The number of nitro groups is 1. The van der Waals surface area contributed by atoms with Crippen LogP contribution in [0.2, 0.25) is 5.02 Å². The number of piperazine rings is 2. The molecule has 4 aromatic carbocycles. The van der Waals surface area contributed by atoms with Gasteiger partial charge in [0.2, 0.25) is 29.5 Å². The number of fused-ring (bicyclic) bond motifs is 3. The number of halogens is 1. The number of aliphatic hydroxyl groups excluding tert-OH is 1. The number of aromatic amines is 1.